The van der Waals surface area contributed by atoms with E-state index in [1.165, 1.54) is 30.0 Å². The number of rotatable bonds is 3. The number of carbonyl (C=O) groups excluding carboxylic acids is 3. The monoisotopic (exact) mass is 317 g/mol. The van der Waals surface area contributed by atoms with Crippen LogP contribution in [0.3, 0.4) is 0 Å². The molecule has 2 aromatic rings. The van der Waals surface area contributed by atoms with Gasteiger partial charge in [-0.25, -0.2) is 4.79 Å². The summed E-state index contributed by atoms with van der Waals surface area (Å²) in [5.74, 6) is -1.75. The van der Waals surface area contributed by atoms with E-state index in [0.29, 0.717) is 15.9 Å². The molecule has 0 unspecified atom stereocenters. The summed E-state index contributed by atoms with van der Waals surface area (Å²) in [6.07, 6.45) is 1.80. The zero-order chi connectivity index (χ0) is 15.9. The van der Waals surface area contributed by atoms with Crippen molar-refractivity contribution in [2.75, 3.05) is 6.26 Å². The van der Waals surface area contributed by atoms with Gasteiger partial charge in [-0.2, -0.15) is 0 Å². The SMILES string of the molecule is CSc1cc(C(=O)ON2C(=O)c3ccccc3C2=O)c(C)o1. The summed E-state index contributed by atoms with van der Waals surface area (Å²) in [7, 11) is 0. The highest BCUT2D eigenvalue weighted by atomic mass is 32.2. The zero-order valence-electron chi connectivity index (χ0n) is 11.8. The average molecular weight is 317 g/mol. The molecular weight excluding hydrogens is 306 g/mol. The highest BCUT2D eigenvalue weighted by Gasteiger charge is 2.39. The first-order valence-electron chi connectivity index (χ1n) is 6.37. The fourth-order valence-electron chi connectivity index (χ4n) is 2.14. The fraction of sp³-hybridized carbons (Fsp3) is 0.133. The van der Waals surface area contributed by atoms with Crippen molar-refractivity contribution >= 4 is 29.5 Å². The second-order valence-corrected chi connectivity index (χ2v) is 5.38. The summed E-state index contributed by atoms with van der Waals surface area (Å²) >= 11 is 1.33. The van der Waals surface area contributed by atoms with Crippen molar-refractivity contribution in [3.63, 3.8) is 0 Å². The number of thioether (sulfide) groups is 1. The number of amides is 2. The van der Waals surface area contributed by atoms with Gasteiger partial charge in [0, 0.05) is 6.07 Å². The molecule has 0 saturated carbocycles. The zero-order valence-corrected chi connectivity index (χ0v) is 12.6. The van der Waals surface area contributed by atoms with E-state index in [9.17, 15) is 14.4 Å². The predicted octanol–water partition coefficient (Wildman–Crippen LogP) is 2.68. The van der Waals surface area contributed by atoms with Gasteiger partial charge in [0.05, 0.1) is 11.1 Å². The van der Waals surface area contributed by atoms with Crippen LogP contribution in [-0.2, 0) is 4.84 Å². The summed E-state index contributed by atoms with van der Waals surface area (Å²) in [4.78, 5) is 41.4. The minimum Gasteiger partial charge on any atom is -0.454 e. The van der Waals surface area contributed by atoms with Crippen molar-refractivity contribution in [3.8, 4) is 0 Å². The lowest BCUT2D eigenvalue weighted by Crippen LogP contribution is -2.32. The maximum absolute atomic E-state index is 12.2. The molecule has 1 aromatic carbocycles. The van der Waals surface area contributed by atoms with Crippen molar-refractivity contribution in [3.05, 3.63) is 52.8 Å². The number of furan rings is 1. The summed E-state index contributed by atoms with van der Waals surface area (Å²) in [5.41, 5.74) is 0.615. The molecular formula is C15H11NO5S. The van der Waals surface area contributed by atoms with Gasteiger partial charge in [0.2, 0.25) is 0 Å². The Morgan fingerprint density at radius 1 is 1.18 bits per heavy atom. The molecule has 0 atom stereocenters. The Labute approximate surface area is 130 Å². The number of hydrogen-bond acceptors (Lipinski definition) is 6. The number of nitrogens with zero attached hydrogens (tertiary/aromatic N) is 1. The maximum atomic E-state index is 12.2. The molecule has 1 aliphatic rings. The minimum absolute atomic E-state index is 0.181. The highest BCUT2D eigenvalue weighted by molar-refractivity contribution is 7.98. The third-order valence-electron chi connectivity index (χ3n) is 3.25. The first kappa shape index (κ1) is 14.4. The molecule has 0 aliphatic carbocycles. The molecule has 0 spiro atoms. The first-order valence-corrected chi connectivity index (χ1v) is 7.60. The number of hydroxylamine groups is 2. The number of benzene rings is 1. The van der Waals surface area contributed by atoms with Crippen LogP contribution in [0.15, 0.2) is 39.8 Å². The molecule has 1 aliphatic heterocycles. The normalized spacial score (nSPS) is 13.5. The highest BCUT2D eigenvalue weighted by Crippen LogP contribution is 2.26. The van der Waals surface area contributed by atoms with Gasteiger partial charge < -0.3 is 9.25 Å². The van der Waals surface area contributed by atoms with Crippen LogP contribution in [0.1, 0.15) is 36.8 Å². The summed E-state index contributed by atoms with van der Waals surface area (Å²) in [6.45, 7) is 1.61. The van der Waals surface area contributed by atoms with Crippen LogP contribution in [0.4, 0.5) is 0 Å². The molecule has 112 valence electrons. The lowest BCUT2D eigenvalue weighted by atomic mass is 10.1. The molecule has 0 fully saturated rings. The van der Waals surface area contributed by atoms with E-state index in [1.807, 2.05) is 0 Å². The van der Waals surface area contributed by atoms with Gasteiger partial charge in [0.25, 0.3) is 11.8 Å². The quantitative estimate of drug-likeness (QED) is 0.640. The van der Waals surface area contributed by atoms with E-state index in [2.05, 4.69) is 0 Å². The molecule has 6 nitrogen and oxygen atoms in total. The second kappa shape index (κ2) is 5.34. The molecule has 7 heteroatoms. The van der Waals surface area contributed by atoms with Gasteiger partial charge in [-0.3, -0.25) is 9.59 Å². The van der Waals surface area contributed by atoms with E-state index in [1.54, 1.807) is 25.3 Å². The Bertz CT molecular complexity index is 760. The Kier molecular flexibility index (Phi) is 3.50. The van der Waals surface area contributed by atoms with Crippen molar-refractivity contribution in [1.82, 2.24) is 5.06 Å². The Hall–Kier alpha value is -2.54. The van der Waals surface area contributed by atoms with Crippen LogP contribution in [0.25, 0.3) is 0 Å². The third kappa shape index (κ3) is 2.19. The number of aryl methyl sites for hydroxylation is 1. The van der Waals surface area contributed by atoms with E-state index < -0.39 is 17.8 Å². The molecule has 1 aromatic heterocycles. The van der Waals surface area contributed by atoms with Gasteiger partial charge in [0.1, 0.15) is 11.3 Å². The van der Waals surface area contributed by atoms with Gasteiger partial charge >= 0.3 is 5.97 Å². The summed E-state index contributed by atoms with van der Waals surface area (Å²) in [5, 5.41) is 1.03. The maximum Gasteiger partial charge on any atom is 0.367 e. The smallest absolute Gasteiger partial charge is 0.367 e. The van der Waals surface area contributed by atoms with Crippen molar-refractivity contribution in [1.29, 1.82) is 0 Å². The van der Waals surface area contributed by atoms with Gasteiger partial charge in [0.15, 0.2) is 5.09 Å². The van der Waals surface area contributed by atoms with Crippen LogP contribution in [0.2, 0.25) is 0 Å². The molecule has 0 N–H and O–H groups in total. The van der Waals surface area contributed by atoms with Crippen molar-refractivity contribution in [2.45, 2.75) is 12.0 Å². The first-order chi connectivity index (χ1) is 10.5. The molecule has 3 rings (SSSR count). The van der Waals surface area contributed by atoms with E-state index in [-0.39, 0.29) is 16.7 Å². The predicted molar refractivity (Wildman–Crippen MR) is 77.6 cm³/mol. The largest absolute Gasteiger partial charge is 0.454 e. The average Bonchev–Trinajstić information content (AvgIpc) is 3.01. The Balaban J connectivity index is 1.85. The van der Waals surface area contributed by atoms with Crippen LogP contribution >= 0.6 is 11.8 Å². The minimum atomic E-state index is -0.809. The molecule has 2 amide bonds. The topological polar surface area (TPSA) is 76.8 Å². The summed E-state index contributed by atoms with van der Waals surface area (Å²) in [6, 6.07) is 7.82. The number of carbonyl (C=O) groups is 3. The lowest BCUT2D eigenvalue weighted by Gasteiger charge is -2.11. The van der Waals surface area contributed by atoms with Crippen LogP contribution in [0, 0.1) is 6.92 Å². The van der Waals surface area contributed by atoms with Gasteiger partial charge in [-0.15, -0.1) is 0 Å². The van der Waals surface area contributed by atoms with E-state index in [0.717, 1.165) is 0 Å². The number of fused-ring (bicyclic) bond motifs is 1. The molecule has 0 bridgehead atoms. The molecule has 0 saturated heterocycles. The van der Waals surface area contributed by atoms with Gasteiger partial charge in [-0.05, 0) is 25.3 Å². The van der Waals surface area contributed by atoms with Crippen LogP contribution < -0.4 is 0 Å². The van der Waals surface area contributed by atoms with E-state index in [4.69, 9.17) is 9.25 Å². The Morgan fingerprint density at radius 2 is 1.77 bits per heavy atom. The lowest BCUT2D eigenvalue weighted by molar-refractivity contribution is -0.0585. The van der Waals surface area contributed by atoms with Crippen molar-refractivity contribution < 1.29 is 23.6 Å². The standard InChI is InChI=1S/C15H11NO5S/c1-8-11(7-12(20-8)22-2)15(19)21-16-13(17)9-5-3-4-6-10(9)14(16)18/h3-7H,1-2H3. The third-order valence-corrected chi connectivity index (χ3v) is 3.85. The molecule has 0 radical (unpaired) electrons. The van der Waals surface area contributed by atoms with Crippen LogP contribution in [0.5, 0.6) is 0 Å². The van der Waals surface area contributed by atoms with Crippen LogP contribution in [-0.4, -0.2) is 29.1 Å². The fourth-order valence-corrected chi connectivity index (χ4v) is 2.58. The molecule has 2 heterocycles. The number of hydrogen-bond donors (Lipinski definition) is 0. The number of imide groups is 1. The van der Waals surface area contributed by atoms with Gasteiger partial charge in [-0.1, -0.05) is 29.0 Å². The Morgan fingerprint density at radius 3 is 2.27 bits per heavy atom. The summed E-state index contributed by atoms with van der Waals surface area (Å²) < 4.78 is 5.34. The van der Waals surface area contributed by atoms with E-state index >= 15 is 0 Å². The van der Waals surface area contributed by atoms with Crippen molar-refractivity contribution in [2.24, 2.45) is 0 Å². The molecule has 22 heavy (non-hydrogen) atoms. The second-order valence-electron chi connectivity index (χ2n) is 4.57.